The van der Waals surface area contributed by atoms with Crippen molar-refractivity contribution in [1.82, 2.24) is 4.58 Å². The van der Waals surface area contributed by atoms with E-state index in [0.29, 0.717) is 40.9 Å². The molecule has 0 atom stereocenters. The molecule has 11 nitrogen and oxygen atoms in total. The number of fused-ring (bicyclic) bond motifs is 4. The zero-order chi connectivity index (χ0) is 48.9. The van der Waals surface area contributed by atoms with Gasteiger partial charge in [0.25, 0.3) is 30.4 Å². The van der Waals surface area contributed by atoms with Gasteiger partial charge in [-0.2, -0.15) is 25.3 Å². The Morgan fingerprint density at radius 2 is 1.36 bits per heavy atom. The molecule has 3 aliphatic rings. The molecule has 0 spiro atoms. The lowest BCUT2D eigenvalue weighted by molar-refractivity contribution is 0.387. The Morgan fingerprint density at radius 3 is 1.92 bits per heavy atom. The van der Waals surface area contributed by atoms with Crippen molar-refractivity contribution in [3.05, 3.63) is 133 Å². The number of anilines is 1. The van der Waals surface area contributed by atoms with E-state index < -0.39 is 97.8 Å². The lowest BCUT2D eigenvalue weighted by atomic mass is 9.67. The standard InChI is InChI=1S/C47H50F4N2O9S4/c1-9-15-52-36-21-34-32(19-30(36)26(2)23-45(52,3)4)38(39-40(48)42(50)44(43(51)41(39)49)63-17-18-64(54,55)56)33-20-31-28(25-65(57,58)59)24-46(5,6)53(37(31)22-35(33)47(34,7)8)16-14-27-10-12-29(13-11-27)66(60,61)62/h10-13,19-24H,9,14-18,25H2,1-8H3,(H2-,54,55,56,57,58,59,60,61,62)/p+1. The van der Waals surface area contributed by atoms with Crippen LogP contribution in [0.5, 0.6) is 0 Å². The largest absolute Gasteiger partial charge is 0.362 e. The molecule has 0 radical (unpaired) electrons. The third-order valence-electron chi connectivity index (χ3n) is 12.7. The van der Waals surface area contributed by atoms with Crippen LogP contribution in [0.2, 0.25) is 0 Å². The topological polar surface area (TPSA) is 169 Å². The lowest BCUT2D eigenvalue weighted by Gasteiger charge is -2.45. The van der Waals surface area contributed by atoms with Crippen LogP contribution in [0.25, 0.3) is 16.7 Å². The Balaban J connectivity index is 1.58. The van der Waals surface area contributed by atoms with Gasteiger partial charge in [-0.15, -0.1) is 11.8 Å². The molecule has 4 aromatic carbocycles. The molecule has 19 heteroatoms. The second kappa shape index (κ2) is 17.0. The van der Waals surface area contributed by atoms with Crippen molar-refractivity contribution in [2.24, 2.45) is 0 Å². The van der Waals surface area contributed by atoms with Crippen LogP contribution in [0.4, 0.5) is 23.2 Å². The molecule has 0 saturated carbocycles. The van der Waals surface area contributed by atoms with Crippen LogP contribution in [0.15, 0.2) is 70.5 Å². The summed E-state index contributed by atoms with van der Waals surface area (Å²) in [7, 11) is -13.7. The van der Waals surface area contributed by atoms with Gasteiger partial charge in [0.05, 0.1) is 26.6 Å². The minimum absolute atomic E-state index is 0.124. The molecule has 2 aliphatic heterocycles. The fourth-order valence-corrected chi connectivity index (χ4v) is 12.6. The molecular weight excluding hydrogens is 941 g/mol. The first-order valence-electron chi connectivity index (χ1n) is 21.1. The predicted molar refractivity (Wildman–Crippen MR) is 249 cm³/mol. The number of allylic oxidation sites excluding steroid dienone is 1. The summed E-state index contributed by atoms with van der Waals surface area (Å²) in [6, 6.07) is 12.7. The second-order valence-corrected chi connectivity index (χ2v) is 24.2. The Hall–Kier alpha value is -4.37. The summed E-state index contributed by atoms with van der Waals surface area (Å²) in [5.41, 5.74) is 0.561. The van der Waals surface area contributed by atoms with E-state index in [1.165, 1.54) is 18.2 Å². The number of benzene rings is 4. The van der Waals surface area contributed by atoms with E-state index in [1.54, 1.807) is 30.3 Å². The third kappa shape index (κ3) is 9.16. The molecule has 0 amide bonds. The average Bonchev–Trinajstić information content (AvgIpc) is 3.19. The Morgan fingerprint density at radius 1 is 0.742 bits per heavy atom. The molecular formula is C47H51F4N2O9S4+. The van der Waals surface area contributed by atoms with Gasteiger partial charge in [-0.3, -0.25) is 13.7 Å². The lowest BCUT2D eigenvalue weighted by Crippen LogP contribution is -2.51. The quantitative estimate of drug-likeness (QED) is 0.0397. The summed E-state index contributed by atoms with van der Waals surface area (Å²) in [6.45, 7) is 16.5. The second-order valence-electron chi connectivity index (χ2n) is 18.6. The number of hydrogen-bond acceptors (Lipinski definition) is 8. The van der Waals surface area contributed by atoms with Crippen LogP contribution < -0.4 is 20.1 Å². The van der Waals surface area contributed by atoms with Crippen molar-refractivity contribution in [1.29, 1.82) is 0 Å². The van der Waals surface area contributed by atoms with Crippen LogP contribution in [0.1, 0.15) is 101 Å². The van der Waals surface area contributed by atoms with Crippen molar-refractivity contribution in [2.45, 2.75) is 94.5 Å². The fraction of sp³-hybridized carbons (Fsp3) is 0.383. The minimum Gasteiger partial charge on any atom is -0.362 e. The van der Waals surface area contributed by atoms with Crippen LogP contribution in [0, 0.1) is 23.3 Å². The van der Waals surface area contributed by atoms with E-state index in [4.69, 9.17) is 0 Å². The molecule has 0 fully saturated rings. The summed E-state index contributed by atoms with van der Waals surface area (Å²) in [5, 5.41) is 1.08. The molecule has 7 rings (SSSR count). The monoisotopic (exact) mass is 991 g/mol. The normalized spacial score (nSPS) is 17.4. The van der Waals surface area contributed by atoms with Crippen molar-refractivity contribution >= 4 is 64.5 Å². The highest BCUT2D eigenvalue weighted by Gasteiger charge is 2.43. The zero-order valence-corrected chi connectivity index (χ0v) is 40.8. The van der Waals surface area contributed by atoms with Gasteiger partial charge in [0, 0.05) is 66.4 Å². The molecule has 0 saturated heterocycles. The van der Waals surface area contributed by atoms with Gasteiger partial charge in [0.1, 0.15) is 12.3 Å². The Labute approximate surface area is 386 Å². The maximum absolute atomic E-state index is 17.0. The van der Waals surface area contributed by atoms with Gasteiger partial charge >= 0.3 is 0 Å². The molecule has 354 valence electrons. The van der Waals surface area contributed by atoms with E-state index >= 15 is 17.6 Å². The van der Waals surface area contributed by atoms with E-state index in [2.05, 4.69) is 24.5 Å². The average molecular weight is 992 g/mol. The van der Waals surface area contributed by atoms with Gasteiger partial charge in [0.15, 0.2) is 28.8 Å². The van der Waals surface area contributed by atoms with E-state index in [0.717, 1.165) is 17.4 Å². The zero-order valence-electron chi connectivity index (χ0n) is 37.6. The molecule has 66 heavy (non-hydrogen) atoms. The number of hydrogen-bond donors (Lipinski definition) is 3. The molecule has 2 heterocycles. The van der Waals surface area contributed by atoms with Crippen molar-refractivity contribution in [2.75, 3.05) is 35.2 Å². The van der Waals surface area contributed by atoms with Gasteiger partial charge in [0.2, 0.25) is 5.36 Å². The highest BCUT2D eigenvalue weighted by Crippen LogP contribution is 2.49. The van der Waals surface area contributed by atoms with Crippen LogP contribution in [0.3, 0.4) is 0 Å². The van der Waals surface area contributed by atoms with Crippen molar-refractivity contribution < 1.29 is 56.5 Å². The smallest absolute Gasteiger partial charge is 0.294 e. The highest BCUT2D eigenvalue weighted by molar-refractivity contribution is 8.00. The summed E-state index contributed by atoms with van der Waals surface area (Å²) >= 11 is 0.185. The van der Waals surface area contributed by atoms with E-state index in [9.17, 15) is 38.9 Å². The van der Waals surface area contributed by atoms with Gasteiger partial charge in [-0.05, 0) is 102 Å². The van der Waals surface area contributed by atoms with Crippen LogP contribution in [-0.2, 0) is 42.2 Å². The van der Waals surface area contributed by atoms with Gasteiger partial charge in [-0.25, -0.2) is 22.1 Å². The maximum Gasteiger partial charge on any atom is 0.294 e. The minimum atomic E-state index is -4.70. The Kier molecular flexibility index (Phi) is 12.8. The highest BCUT2D eigenvalue weighted by atomic mass is 32.2. The van der Waals surface area contributed by atoms with Crippen molar-refractivity contribution in [3.63, 3.8) is 0 Å². The van der Waals surface area contributed by atoms with Crippen LogP contribution in [-0.4, -0.2) is 80.3 Å². The van der Waals surface area contributed by atoms with E-state index in [-0.39, 0.29) is 50.7 Å². The number of halogens is 4. The molecule has 0 unspecified atom stereocenters. The third-order valence-corrected chi connectivity index (χ3v) is 16.3. The summed E-state index contributed by atoms with van der Waals surface area (Å²) in [4.78, 5) is 0.565. The van der Waals surface area contributed by atoms with Crippen LogP contribution >= 0.6 is 11.8 Å². The summed E-state index contributed by atoms with van der Waals surface area (Å²) in [6.07, 6.45) is 4.82. The number of rotatable bonds is 13. The number of thioether (sulfide) groups is 1. The molecule has 3 N–H and O–H groups in total. The Bertz CT molecular complexity index is 3250. The summed E-state index contributed by atoms with van der Waals surface area (Å²) < 4.78 is 169. The fourth-order valence-electron chi connectivity index (χ4n) is 9.72. The summed E-state index contributed by atoms with van der Waals surface area (Å²) in [5.74, 6) is -9.51. The SMILES string of the molecule is CCC[N+]1=c2cc3c(cc2C(C)=CC1(C)C)=C(c1c(F)c(F)c(SCCS(=O)(=O)O)c(F)c1F)c1cc2c(cc1C3(C)C)N(CCc1ccc(S(=O)(=O)O)cc1)C(C)(C)C=C2CS(=O)(=O)O. The van der Waals surface area contributed by atoms with E-state index in [1.807, 2.05) is 52.5 Å². The molecule has 0 aromatic heterocycles. The predicted octanol–water partition coefficient (Wildman–Crippen LogP) is 7.57. The van der Waals surface area contributed by atoms with Crippen molar-refractivity contribution in [3.8, 4) is 0 Å². The first-order valence-corrected chi connectivity index (χ1v) is 26.7. The maximum atomic E-state index is 17.0. The van der Waals surface area contributed by atoms with Gasteiger partial charge < -0.3 is 4.90 Å². The molecule has 4 aromatic rings. The first kappa shape index (κ1) is 49.5. The first-order chi connectivity index (χ1) is 30.4. The molecule has 0 bridgehead atoms. The van der Waals surface area contributed by atoms with Gasteiger partial charge in [-0.1, -0.05) is 39.0 Å². The number of nitrogens with zero attached hydrogens (tertiary/aromatic N) is 2. The molecule has 1 aliphatic carbocycles.